The Bertz CT molecular complexity index is 508. The van der Waals surface area contributed by atoms with E-state index in [0.717, 1.165) is 11.3 Å². The molecular formula is C12H13N3O2. The summed E-state index contributed by atoms with van der Waals surface area (Å²) in [4.78, 5) is 16.7. The number of hydroxylamine groups is 2. The number of hydrogen-bond donors (Lipinski definition) is 1. The van der Waals surface area contributed by atoms with Crippen molar-refractivity contribution in [2.45, 2.75) is 0 Å². The molecule has 17 heavy (non-hydrogen) atoms. The van der Waals surface area contributed by atoms with Crippen LogP contribution in [0.5, 0.6) is 0 Å². The Morgan fingerprint density at radius 3 is 2.88 bits per heavy atom. The third-order valence-electron chi connectivity index (χ3n) is 2.48. The highest BCUT2D eigenvalue weighted by Gasteiger charge is 2.12. The van der Waals surface area contributed by atoms with Crippen LogP contribution in [0.1, 0.15) is 10.4 Å². The Morgan fingerprint density at radius 2 is 2.24 bits per heavy atom. The van der Waals surface area contributed by atoms with Crippen LogP contribution >= 0.6 is 0 Å². The zero-order chi connectivity index (χ0) is 12.3. The van der Waals surface area contributed by atoms with E-state index >= 15 is 0 Å². The summed E-state index contributed by atoms with van der Waals surface area (Å²) in [5, 5.41) is 7.92. The number of rotatable bonds is 3. The van der Waals surface area contributed by atoms with Crippen LogP contribution in [0.4, 0.5) is 0 Å². The number of aromatic amines is 1. The van der Waals surface area contributed by atoms with Crippen LogP contribution in [0.15, 0.2) is 36.5 Å². The number of nitrogens with zero attached hydrogens (tertiary/aromatic N) is 2. The first kappa shape index (κ1) is 11.3. The summed E-state index contributed by atoms with van der Waals surface area (Å²) < 4.78 is 0. The molecule has 0 spiro atoms. The molecule has 0 radical (unpaired) electrons. The van der Waals surface area contributed by atoms with E-state index in [0.29, 0.717) is 5.56 Å². The van der Waals surface area contributed by atoms with Crippen molar-refractivity contribution in [2.75, 3.05) is 14.2 Å². The van der Waals surface area contributed by atoms with Gasteiger partial charge in [-0.15, -0.1) is 0 Å². The fraction of sp³-hybridized carbons (Fsp3) is 0.167. The smallest absolute Gasteiger partial charge is 0.277 e. The van der Waals surface area contributed by atoms with Gasteiger partial charge in [0.1, 0.15) is 0 Å². The van der Waals surface area contributed by atoms with Crippen molar-refractivity contribution < 1.29 is 9.63 Å². The lowest BCUT2D eigenvalue weighted by atomic mass is 10.1. The molecule has 1 amide bonds. The fourth-order valence-electron chi connectivity index (χ4n) is 1.50. The largest absolute Gasteiger partial charge is 0.278 e. The molecule has 0 aliphatic heterocycles. The van der Waals surface area contributed by atoms with Gasteiger partial charge in [0.25, 0.3) is 5.91 Å². The second-order valence-corrected chi connectivity index (χ2v) is 3.54. The summed E-state index contributed by atoms with van der Waals surface area (Å²) >= 11 is 0. The van der Waals surface area contributed by atoms with E-state index in [1.807, 2.05) is 18.2 Å². The zero-order valence-corrected chi connectivity index (χ0v) is 9.68. The van der Waals surface area contributed by atoms with Crippen LogP contribution in [-0.4, -0.2) is 35.3 Å². The number of benzene rings is 1. The quantitative estimate of drug-likeness (QED) is 0.818. The summed E-state index contributed by atoms with van der Waals surface area (Å²) in [5.74, 6) is -0.186. The standard InChI is InChI=1S/C12H13N3O2/c1-15(17-2)12(16)10-5-3-4-9(8-10)11-6-7-13-14-11/h3-8H,1-2H3,(H,13,14). The minimum absolute atomic E-state index is 0.186. The van der Waals surface area contributed by atoms with Gasteiger partial charge in [0.2, 0.25) is 0 Å². The van der Waals surface area contributed by atoms with E-state index < -0.39 is 0 Å². The Labute approximate surface area is 99.0 Å². The van der Waals surface area contributed by atoms with Crippen LogP contribution in [0.25, 0.3) is 11.3 Å². The fourth-order valence-corrected chi connectivity index (χ4v) is 1.50. The van der Waals surface area contributed by atoms with E-state index in [4.69, 9.17) is 4.84 Å². The summed E-state index contributed by atoms with van der Waals surface area (Å²) in [6.45, 7) is 0. The predicted octanol–water partition coefficient (Wildman–Crippen LogP) is 1.71. The lowest BCUT2D eigenvalue weighted by Crippen LogP contribution is -2.25. The Kier molecular flexibility index (Phi) is 3.20. The van der Waals surface area contributed by atoms with Crippen molar-refractivity contribution in [3.8, 4) is 11.3 Å². The average Bonchev–Trinajstić information content (AvgIpc) is 2.91. The summed E-state index contributed by atoms with van der Waals surface area (Å²) in [6.07, 6.45) is 1.67. The number of carbonyl (C=O) groups is 1. The highest BCUT2D eigenvalue weighted by molar-refractivity contribution is 5.94. The van der Waals surface area contributed by atoms with Crippen molar-refractivity contribution in [2.24, 2.45) is 0 Å². The first-order valence-electron chi connectivity index (χ1n) is 5.14. The molecule has 1 heterocycles. The van der Waals surface area contributed by atoms with E-state index in [1.54, 1.807) is 25.4 Å². The molecule has 2 aromatic rings. The van der Waals surface area contributed by atoms with Gasteiger partial charge in [-0.25, -0.2) is 5.06 Å². The van der Waals surface area contributed by atoms with Gasteiger partial charge >= 0.3 is 0 Å². The molecule has 0 unspecified atom stereocenters. The summed E-state index contributed by atoms with van der Waals surface area (Å²) in [5.41, 5.74) is 2.36. The zero-order valence-electron chi connectivity index (χ0n) is 9.68. The third kappa shape index (κ3) is 2.34. The van der Waals surface area contributed by atoms with Crippen LogP contribution in [-0.2, 0) is 4.84 Å². The second-order valence-electron chi connectivity index (χ2n) is 3.54. The predicted molar refractivity (Wildman–Crippen MR) is 63.1 cm³/mol. The molecule has 0 saturated carbocycles. The van der Waals surface area contributed by atoms with Crippen LogP contribution in [0, 0.1) is 0 Å². The molecule has 1 N–H and O–H groups in total. The highest BCUT2D eigenvalue weighted by atomic mass is 16.7. The van der Waals surface area contributed by atoms with Gasteiger partial charge < -0.3 is 0 Å². The molecule has 0 aliphatic rings. The molecular weight excluding hydrogens is 218 g/mol. The normalized spacial score (nSPS) is 10.2. The van der Waals surface area contributed by atoms with E-state index in [1.165, 1.54) is 12.2 Å². The van der Waals surface area contributed by atoms with Crippen molar-refractivity contribution in [1.29, 1.82) is 0 Å². The first-order chi connectivity index (χ1) is 8.22. The van der Waals surface area contributed by atoms with Gasteiger partial charge in [0.05, 0.1) is 12.8 Å². The lowest BCUT2D eigenvalue weighted by molar-refractivity contribution is -0.0756. The SMILES string of the molecule is CON(C)C(=O)c1cccc(-c2ccn[nH]2)c1. The molecule has 1 aromatic carbocycles. The molecule has 0 fully saturated rings. The minimum atomic E-state index is -0.186. The van der Waals surface area contributed by atoms with Crippen molar-refractivity contribution in [3.63, 3.8) is 0 Å². The molecule has 5 heteroatoms. The molecule has 88 valence electrons. The molecule has 1 aromatic heterocycles. The van der Waals surface area contributed by atoms with E-state index in [2.05, 4.69) is 10.2 Å². The average molecular weight is 231 g/mol. The van der Waals surface area contributed by atoms with Gasteiger partial charge in [0, 0.05) is 24.4 Å². The Balaban J connectivity index is 2.32. The lowest BCUT2D eigenvalue weighted by Gasteiger charge is -2.13. The second kappa shape index (κ2) is 4.80. The molecule has 0 bridgehead atoms. The third-order valence-corrected chi connectivity index (χ3v) is 2.48. The van der Waals surface area contributed by atoms with Gasteiger partial charge in [-0.2, -0.15) is 5.10 Å². The van der Waals surface area contributed by atoms with Crippen LogP contribution in [0.2, 0.25) is 0 Å². The summed E-state index contributed by atoms with van der Waals surface area (Å²) in [6, 6.07) is 9.14. The maximum Gasteiger partial charge on any atom is 0.277 e. The van der Waals surface area contributed by atoms with Gasteiger partial charge in [-0.3, -0.25) is 14.7 Å². The van der Waals surface area contributed by atoms with Crippen LogP contribution in [0.3, 0.4) is 0 Å². The molecule has 0 saturated heterocycles. The molecule has 0 atom stereocenters. The number of hydrogen-bond acceptors (Lipinski definition) is 3. The number of H-pyrrole nitrogens is 1. The monoisotopic (exact) mass is 231 g/mol. The summed E-state index contributed by atoms with van der Waals surface area (Å²) in [7, 11) is 3.03. The molecule has 0 aliphatic carbocycles. The number of carbonyl (C=O) groups excluding carboxylic acids is 1. The minimum Gasteiger partial charge on any atom is -0.278 e. The first-order valence-corrected chi connectivity index (χ1v) is 5.14. The van der Waals surface area contributed by atoms with Gasteiger partial charge in [-0.1, -0.05) is 12.1 Å². The van der Waals surface area contributed by atoms with Crippen molar-refractivity contribution in [3.05, 3.63) is 42.1 Å². The van der Waals surface area contributed by atoms with Crippen LogP contribution < -0.4 is 0 Å². The Hall–Kier alpha value is -2.14. The van der Waals surface area contributed by atoms with Gasteiger partial charge in [-0.05, 0) is 18.2 Å². The topological polar surface area (TPSA) is 58.2 Å². The van der Waals surface area contributed by atoms with E-state index in [-0.39, 0.29) is 5.91 Å². The molecule has 5 nitrogen and oxygen atoms in total. The number of amides is 1. The Morgan fingerprint density at radius 1 is 1.41 bits per heavy atom. The molecule has 2 rings (SSSR count). The number of aromatic nitrogens is 2. The van der Waals surface area contributed by atoms with Crippen molar-refractivity contribution in [1.82, 2.24) is 15.3 Å². The maximum atomic E-state index is 11.9. The van der Waals surface area contributed by atoms with E-state index in [9.17, 15) is 4.79 Å². The number of nitrogens with one attached hydrogen (secondary N) is 1. The van der Waals surface area contributed by atoms with Crippen molar-refractivity contribution >= 4 is 5.91 Å². The highest BCUT2D eigenvalue weighted by Crippen LogP contribution is 2.18. The van der Waals surface area contributed by atoms with Gasteiger partial charge in [0.15, 0.2) is 0 Å². The maximum absolute atomic E-state index is 11.9.